The number of halogens is 1. The minimum absolute atomic E-state index is 0.195. The maximum absolute atomic E-state index is 6.32. The molecular formula is C18H17ClN4O3S. The number of nitrogens with zero attached hydrogens (tertiary/aromatic N) is 4. The molecule has 3 heterocycles. The zero-order valence-corrected chi connectivity index (χ0v) is 16.5. The van der Waals surface area contributed by atoms with E-state index in [0.29, 0.717) is 32.9 Å². The van der Waals surface area contributed by atoms with Crippen LogP contribution in [0.2, 0.25) is 5.02 Å². The lowest BCUT2D eigenvalue weighted by Crippen LogP contribution is -2.21. The molecule has 0 bridgehead atoms. The minimum Gasteiger partial charge on any atom is -0.469 e. The Balaban J connectivity index is 1.70. The Hall–Kier alpha value is -2.45. The fourth-order valence-corrected chi connectivity index (χ4v) is 3.21. The SMILES string of the molecule is CSc1nc(OCC2=COC(C)(C)O2)c2cnn(-c3ccccc3Cl)c2n1. The molecule has 0 fully saturated rings. The number of hydrogen-bond acceptors (Lipinski definition) is 7. The largest absolute Gasteiger partial charge is 0.469 e. The summed E-state index contributed by atoms with van der Waals surface area (Å²) >= 11 is 7.75. The molecule has 1 aliphatic heterocycles. The highest BCUT2D eigenvalue weighted by molar-refractivity contribution is 7.98. The van der Waals surface area contributed by atoms with Crippen molar-refractivity contribution in [2.24, 2.45) is 0 Å². The van der Waals surface area contributed by atoms with Crippen molar-refractivity contribution in [2.45, 2.75) is 24.8 Å². The molecule has 3 aromatic rings. The zero-order chi connectivity index (χ0) is 19.0. The zero-order valence-electron chi connectivity index (χ0n) is 15.0. The number of para-hydroxylation sites is 1. The van der Waals surface area contributed by atoms with Crippen LogP contribution in [0.15, 0.2) is 47.6 Å². The molecule has 1 aliphatic rings. The van der Waals surface area contributed by atoms with Gasteiger partial charge in [0.2, 0.25) is 11.7 Å². The van der Waals surface area contributed by atoms with Crippen molar-refractivity contribution in [3.05, 3.63) is 47.5 Å². The van der Waals surface area contributed by atoms with Gasteiger partial charge in [-0.05, 0) is 18.4 Å². The number of ether oxygens (including phenoxy) is 3. The van der Waals surface area contributed by atoms with Gasteiger partial charge in [-0.1, -0.05) is 35.5 Å². The fraction of sp³-hybridized carbons (Fsp3) is 0.278. The van der Waals surface area contributed by atoms with E-state index in [2.05, 4.69) is 15.1 Å². The summed E-state index contributed by atoms with van der Waals surface area (Å²) in [7, 11) is 0. The van der Waals surface area contributed by atoms with Gasteiger partial charge in [0.05, 0.1) is 16.9 Å². The van der Waals surface area contributed by atoms with Gasteiger partial charge in [-0.25, -0.2) is 9.67 Å². The summed E-state index contributed by atoms with van der Waals surface area (Å²) in [6.07, 6.45) is 5.13. The van der Waals surface area contributed by atoms with E-state index >= 15 is 0 Å². The monoisotopic (exact) mass is 404 g/mol. The number of hydrogen-bond donors (Lipinski definition) is 0. The van der Waals surface area contributed by atoms with Crippen molar-refractivity contribution in [2.75, 3.05) is 12.9 Å². The summed E-state index contributed by atoms with van der Waals surface area (Å²) in [6.45, 7) is 3.86. The van der Waals surface area contributed by atoms with Gasteiger partial charge >= 0.3 is 0 Å². The molecule has 2 aromatic heterocycles. The van der Waals surface area contributed by atoms with Crippen LogP contribution in [0, 0.1) is 0 Å². The Bertz CT molecular complexity index is 1030. The van der Waals surface area contributed by atoms with E-state index < -0.39 is 5.79 Å². The van der Waals surface area contributed by atoms with Crippen LogP contribution in [-0.4, -0.2) is 38.4 Å². The van der Waals surface area contributed by atoms with Gasteiger partial charge in [-0.15, -0.1) is 0 Å². The smallest absolute Gasteiger partial charge is 0.244 e. The number of fused-ring (bicyclic) bond motifs is 1. The van der Waals surface area contributed by atoms with Crippen molar-refractivity contribution in [1.82, 2.24) is 19.7 Å². The molecule has 0 unspecified atom stereocenters. The molecule has 0 N–H and O–H groups in total. The predicted molar refractivity (Wildman–Crippen MR) is 103 cm³/mol. The molecule has 0 amide bonds. The molecule has 0 saturated carbocycles. The number of benzene rings is 1. The van der Waals surface area contributed by atoms with Crippen LogP contribution in [0.3, 0.4) is 0 Å². The number of thioether (sulfide) groups is 1. The molecule has 0 aliphatic carbocycles. The molecule has 4 rings (SSSR count). The fourth-order valence-electron chi connectivity index (χ4n) is 2.64. The first-order valence-corrected chi connectivity index (χ1v) is 9.80. The van der Waals surface area contributed by atoms with E-state index in [9.17, 15) is 0 Å². The van der Waals surface area contributed by atoms with Gasteiger partial charge in [0.15, 0.2) is 23.2 Å². The lowest BCUT2D eigenvalue weighted by molar-refractivity contribution is -0.119. The van der Waals surface area contributed by atoms with Crippen molar-refractivity contribution in [3.63, 3.8) is 0 Å². The van der Waals surface area contributed by atoms with Crippen molar-refractivity contribution < 1.29 is 14.2 Å². The van der Waals surface area contributed by atoms with E-state index in [1.54, 1.807) is 17.1 Å². The summed E-state index contributed by atoms with van der Waals surface area (Å²) in [5.74, 6) is 0.340. The van der Waals surface area contributed by atoms with Gasteiger partial charge in [0.25, 0.3) is 0 Å². The van der Waals surface area contributed by atoms with Gasteiger partial charge in [0.1, 0.15) is 11.6 Å². The van der Waals surface area contributed by atoms with E-state index in [4.69, 9.17) is 25.8 Å². The van der Waals surface area contributed by atoms with Gasteiger partial charge in [-0.3, -0.25) is 0 Å². The van der Waals surface area contributed by atoms with Crippen molar-refractivity contribution in [1.29, 1.82) is 0 Å². The molecule has 140 valence electrons. The topological polar surface area (TPSA) is 71.3 Å². The molecule has 9 heteroatoms. The first-order chi connectivity index (χ1) is 13.0. The molecular weight excluding hydrogens is 388 g/mol. The molecule has 0 saturated heterocycles. The summed E-state index contributed by atoms with van der Waals surface area (Å²) in [6, 6.07) is 7.46. The van der Waals surface area contributed by atoms with Crippen LogP contribution in [0.25, 0.3) is 16.7 Å². The van der Waals surface area contributed by atoms with E-state index in [0.717, 1.165) is 5.69 Å². The maximum atomic E-state index is 6.32. The second-order valence-electron chi connectivity index (χ2n) is 6.25. The third-order valence-corrected chi connectivity index (χ3v) is 4.71. The average Bonchev–Trinajstić information content (AvgIpc) is 3.23. The van der Waals surface area contributed by atoms with E-state index in [-0.39, 0.29) is 6.61 Å². The number of aromatic nitrogens is 4. The Kier molecular flexibility index (Phi) is 4.61. The maximum Gasteiger partial charge on any atom is 0.244 e. The highest BCUT2D eigenvalue weighted by atomic mass is 35.5. The van der Waals surface area contributed by atoms with Gasteiger partial charge in [-0.2, -0.15) is 10.1 Å². The lowest BCUT2D eigenvalue weighted by atomic mass is 10.3. The Labute approximate surface area is 165 Å². The first-order valence-electron chi connectivity index (χ1n) is 8.20. The standard InChI is InChI=1S/C18H17ClN4O3S/c1-18(2)25-10-11(26-18)9-24-16-12-8-20-23(14-7-5-4-6-13(14)19)15(12)21-17(22-16)27-3/h4-8,10H,9H2,1-3H3. The first kappa shape index (κ1) is 17.9. The van der Waals surface area contributed by atoms with Gasteiger partial charge in [0, 0.05) is 13.8 Å². The van der Waals surface area contributed by atoms with Crippen LogP contribution in [0.1, 0.15) is 13.8 Å². The lowest BCUT2D eigenvalue weighted by Gasteiger charge is -2.18. The highest BCUT2D eigenvalue weighted by Gasteiger charge is 2.28. The molecule has 1 aromatic carbocycles. The molecule has 27 heavy (non-hydrogen) atoms. The quantitative estimate of drug-likeness (QED) is 0.466. The highest BCUT2D eigenvalue weighted by Crippen LogP contribution is 2.30. The van der Waals surface area contributed by atoms with Crippen molar-refractivity contribution in [3.8, 4) is 11.6 Å². The van der Waals surface area contributed by atoms with Crippen LogP contribution < -0.4 is 4.74 Å². The summed E-state index contributed by atoms with van der Waals surface area (Å²) in [5.41, 5.74) is 1.36. The average molecular weight is 405 g/mol. The predicted octanol–water partition coefficient (Wildman–Crippen LogP) is 4.19. The van der Waals surface area contributed by atoms with Crippen molar-refractivity contribution >= 4 is 34.4 Å². The second-order valence-corrected chi connectivity index (χ2v) is 7.43. The van der Waals surface area contributed by atoms with Gasteiger partial charge < -0.3 is 14.2 Å². The Morgan fingerprint density at radius 1 is 1.26 bits per heavy atom. The molecule has 0 radical (unpaired) electrons. The third-order valence-electron chi connectivity index (χ3n) is 3.84. The normalized spacial score (nSPS) is 15.3. The van der Waals surface area contributed by atoms with E-state index in [1.165, 1.54) is 11.8 Å². The third kappa shape index (κ3) is 3.54. The van der Waals surface area contributed by atoms with Crippen LogP contribution >= 0.6 is 23.4 Å². The molecule has 0 atom stereocenters. The Morgan fingerprint density at radius 2 is 2.07 bits per heavy atom. The second kappa shape index (κ2) is 6.94. The number of rotatable bonds is 5. The van der Waals surface area contributed by atoms with E-state index in [1.807, 2.05) is 44.4 Å². The Morgan fingerprint density at radius 3 is 2.78 bits per heavy atom. The van der Waals surface area contributed by atoms with Crippen LogP contribution in [-0.2, 0) is 9.47 Å². The molecule has 7 nitrogen and oxygen atoms in total. The summed E-state index contributed by atoms with van der Waals surface area (Å²) < 4.78 is 18.7. The summed E-state index contributed by atoms with van der Waals surface area (Å²) in [4.78, 5) is 9.04. The minimum atomic E-state index is -0.681. The van der Waals surface area contributed by atoms with Crippen LogP contribution in [0.5, 0.6) is 5.88 Å². The van der Waals surface area contributed by atoms with Crippen LogP contribution in [0.4, 0.5) is 0 Å². The summed E-state index contributed by atoms with van der Waals surface area (Å²) in [5, 5.41) is 6.28. The molecule has 0 spiro atoms.